The maximum absolute atomic E-state index is 11.6. The minimum atomic E-state index is -0.583. The molecule has 2 amide bonds. The summed E-state index contributed by atoms with van der Waals surface area (Å²) >= 11 is 0. The Morgan fingerprint density at radius 3 is 1.38 bits per heavy atom. The molecule has 0 saturated carbocycles. The number of anilines is 2. The highest BCUT2D eigenvalue weighted by molar-refractivity contribution is 5.97. The summed E-state index contributed by atoms with van der Waals surface area (Å²) < 4.78 is 11.2. The van der Waals surface area contributed by atoms with Gasteiger partial charge >= 0.3 is 0 Å². The Morgan fingerprint density at radius 2 is 1.12 bits per heavy atom. The van der Waals surface area contributed by atoms with E-state index in [4.69, 9.17) is 8.83 Å². The molecule has 8 nitrogen and oxygen atoms in total. The van der Waals surface area contributed by atoms with Crippen LogP contribution in [0.1, 0.15) is 73.2 Å². The Balaban J connectivity index is 2.55. The molecule has 0 fully saturated rings. The molecular weight excluding hydrogens is 340 g/mol. The van der Waals surface area contributed by atoms with Gasteiger partial charge in [-0.2, -0.15) is 0 Å². The normalized spacial score (nSPS) is 10.7. The molecule has 0 unspecified atom stereocenters. The standard InChI is InChI=1S/C18H20N2O6/c1-8(17-13(19-11(4)23)6-15(25-17)9(2)21)18-14(20-12(5)24)7-16(26-18)10(3)22/h6-8H,1-5H3,(H,19,23)(H,20,24). The van der Waals surface area contributed by atoms with Gasteiger partial charge in [-0.3, -0.25) is 19.2 Å². The van der Waals surface area contributed by atoms with Crippen molar-refractivity contribution in [2.45, 2.75) is 40.5 Å². The Hall–Kier alpha value is -3.16. The van der Waals surface area contributed by atoms with Crippen LogP contribution in [0.3, 0.4) is 0 Å². The van der Waals surface area contributed by atoms with Gasteiger partial charge in [-0.25, -0.2) is 0 Å². The molecule has 0 aliphatic rings. The summed E-state index contributed by atoms with van der Waals surface area (Å²) in [6.07, 6.45) is 0. The van der Waals surface area contributed by atoms with Gasteiger partial charge < -0.3 is 19.5 Å². The van der Waals surface area contributed by atoms with E-state index in [-0.39, 0.29) is 46.4 Å². The van der Waals surface area contributed by atoms with Crippen LogP contribution in [0.5, 0.6) is 0 Å². The van der Waals surface area contributed by atoms with E-state index in [1.807, 2.05) is 0 Å². The molecule has 2 rings (SSSR count). The lowest BCUT2D eigenvalue weighted by Crippen LogP contribution is -2.10. The first-order chi connectivity index (χ1) is 12.1. The first-order valence-electron chi connectivity index (χ1n) is 7.94. The smallest absolute Gasteiger partial charge is 0.221 e. The van der Waals surface area contributed by atoms with Crippen LogP contribution in [0, 0.1) is 0 Å². The second kappa shape index (κ2) is 7.38. The Labute approximate surface area is 149 Å². The van der Waals surface area contributed by atoms with E-state index < -0.39 is 5.92 Å². The van der Waals surface area contributed by atoms with Crippen LogP contribution in [0.2, 0.25) is 0 Å². The van der Waals surface area contributed by atoms with Crippen molar-refractivity contribution < 1.29 is 28.0 Å². The minimum absolute atomic E-state index is 0.0787. The van der Waals surface area contributed by atoms with Gasteiger partial charge in [0.15, 0.2) is 23.1 Å². The van der Waals surface area contributed by atoms with Crippen molar-refractivity contribution in [2.75, 3.05) is 10.6 Å². The molecule has 138 valence electrons. The molecule has 8 heteroatoms. The van der Waals surface area contributed by atoms with Crippen LogP contribution < -0.4 is 10.6 Å². The van der Waals surface area contributed by atoms with Gasteiger partial charge in [-0.1, -0.05) is 0 Å². The highest BCUT2D eigenvalue weighted by atomic mass is 16.4. The van der Waals surface area contributed by atoms with Gasteiger partial charge in [0, 0.05) is 39.8 Å². The molecule has 0 radical (unpaired) electrons. The molecule has 0 aromatic carbocycles. The van der Waals surface area contributed by atoms with Crippen molar-refractivity contribution in [1.82, 2.24) is 0 Å². The molecule has 2 heterocycles. The second-order valence-corrected chi connectivity index (χ2v) is 5.97. The zero-order valence-electron chi connectivity index (χ0n) is 15.2. The van der Waals surface area contributed by atoms with Gasteiger partial charge in [0.05, 0.1) is 17.3 Å². The zero-order chi connectivity index (χ0) is 19.6. The average molecular weight is 360 g/mol. The summed E-state index contributed by atoms with van der Waals surface area (Å²) in [4.78, 5) is 46.2. The summed E-state index contributed by atoms with van der Waals surface area (Å²) in [5, 5.41) is 5.22. The number of hydrogen-bond donors (Lipinski definition) is 2. The first-order valence-corrected chi connectivity index (χ1v) is 7.94. The van der Waals surface area contributed by atoms with Gasteiger partial charge in [0.2, 0.25) is 11.8 Å². The number of rotatable bonds is 6. The van der Waals surface area contributed by atoms with Gasteiger partial charge in [0.25, 0.3) is 0 Å². The fourth-order valence-electron chi connectivity index (χ4n) is 2.49. The van der Waals surface area contributed by atoms with Crippen molar-refractivity contribution in [3.63, 3.8) is 0 Å². The summed E-state index contributed by atoms with van der Waals surface area (Å²) in [6.45, 7) is 7.06. The monoisotopic (exact) mass is 360 g/mol. The maximum Gasteiger partial charge on any atom is 0.221 e. The van der Waals surface area contributed by atoms with E-state index in [1.54, 1.807) is 6.92 Å². The molecule has 0 saturated heterocycles. The number of carbonyl (C=O) groups is 4. The van der Waals surface area contributed by atoms with Gasteiger partial charge in [-0.15, -0.1) is 0 Å². The fraction of sp³-hybridized carbons (Fsp3) is 0.333. The summed E-state index contributed by atoms with van der Waals surface area (Å²) in [6, 6.07) is 2.87. The van der Waals surface area contributed by atoms with Crippen molar-refractivity contribution in [3.05, 3.63) is 35.2 Å². The second-order valence-electron chi connectivity index (χ2n) is 5.97. The summed E-state index contributed by atoms with van der Waals surface area (Å²) in [5.74, 6) is -1.14. The van der Waals surface area contributed by atoms with Crippen molar-refractivity contribution >= 4 is 34.8 Å². The molecule has 0 aliphatic carbocycles. The third kappa shape index (κ3) is 4.08. The number of nitrogens with one attached hydrogen (secondary N) is 2. The van der Waals surface area contributed by atoms with Crippen LogP contribution in [-0.4, -0.2) is 23.4 Å². The molecule has 0 bridgehead atoms. The average Bonchev–Trinajstić information content (AvgIpc) is 3.10. The molecule has 26 heavy (non-hydrogen) atoms. The number of Topliss-reactive ketones (excluding diaryl/α,β-unsaturated/α-hetero) is 2. The van der Waals surface area contributed by atoms with Crippen LogP contribution in [0.4, 0.5) is 11.4 Å². The van der Waals surface area contributed by atoms with Gasteiger partial charge in [0.1, 0.15) is 11.5 Å². The highest BCUT2D eigenvalue weighted by Crippen LogP contribution is 2.38. The van der Waals surface area contributed by atoms with Crippen LogP contribution in [-0.2, 0) is 9.59 Å². The molecule has 2 aromatic rings. The third-order valence-corrected chi connectivity index (χ3v) is 3.62. The van der Waals surface area contributed by atoms with E-state index in [0.29, 0.717) is 11.4 Å². The molecule has 0 atom stereocenters. The van der Waals surface area contributed by atoms with Crippen molar-refractivity contribution in [2.24, 2.45) is 0 Å². The van der Waals surface area contributed by atoms with Crippen LogP contribution in [0.25, 0.3) is 0 Å². The number of ketones is 2. The van der Waals surface area contributed by atoms with Gasteiger partial charge in [-0.05, 0) is 6.92 Å². The summed E-state index contributed by atoms with van der Waals surface area (Å²) in [5.41, 5.74) is 0.648. The zero-order valence-corrected chi connectivity index (χ0v) is 15.2. The Bertz CT molecular complexity index is 817. The SMILES string of the molecule is CC(=O)Nc1cc(C(C)=O)oc1C(C)c1oc(C(C)=O)cc1NC(C)=O. The molecule has 2 N–H and O–H groups in total. The van der Waals surface area contributed by atoms with Crippen molar-refractivity contribution in [3.8, 4) is 0 Å². The third-order valence-electron chi connectivity index (χ3n) is 3.62. The highest BCUT2D eigenvalue weighted by Gasteiger charge is 2.27. The number of hydrogen-bond acceptors (Lipinski definition) is 6. The Morgan fingerprint density at radius 1 is 0.769 bits per heavy atom. The lowest BCUT2D eigenvalue weighted by Gasteiger charge is -2.11. The first kappa shape index (κ1) is 19.2. The number of carbonyl (C=O) groups excluding carboxylic acids is 4. The van der Waals surface area contributed by atoms with E-state index in [1.165, 1.54) is 39.8 Å². The molecule has 2 aromatic heterocycles. The number of furan rings is 2. The molecule has 0 spiro atoms. The lowest BCUT2D eigenvalue weighted by molar-refractivity contribution is -0.115. The largest absolute Gasteiger partial charge is 0.455 e. The van der Waals surface area contributed by atoms with Crippen LogP contribution in [0.15, 0.2) is 21.0 Å². The predicted octanol–water partition coefficient (Wildman–Crippen LogP) is 3.35. The van der Waals surface area contributed by atoms with E-state index in [0.717, 1.165) is 0 Å². The minimum Gasteiger partial charge on any atom is -0.455 e. The maximum atomic E-state index is 11.6. The quantitative estimate of drug-likeness (QED) is 0.763. The van der Waals surface area contributed by atoms with Crippen molar-refractivity contribution in [1.29, 1.82) is 0 Å². The topological polar surface area (TPSA) is 119 Å². The number of amides is 2. The lowest BCUT2D eigenvalue weighted by atomic mass is 10.0. The van der Waals surface area contributed by atoms with E-state index >= 15 is 0 Å². The predicted molar refractivity (Wildman–Crippen MR) is 93.5 cm³/mol. The van der Waals surface area contributed by atoms with E-state index in [2.05, 4.69) is 10.6 Å². The molecular formula is C18H20N2O6. The Kier molecular flexibility index (Phi) is 5.44. The molecule has 0 aliphatic heterocycles. The summed E-state index contributed by atoms with van der Waals surface area (Å²) in [7, 11) is 0. The fourth-order valence-corrected chi connectivity index (χ4v) is 2.49. The van der Waals surface area contributed by atoms with Crippen LogP contribution >= 0.6 is 0 Å². The van der Waals surface area contributed by atoms with E-state index in [9.17, 15) is 19.2 Å².